The van der Waals surface area contributed by atoms with E-state index in [9.17, 15) is 13.6 Å². The Morgan fingerprint density at radius 2 is 1.93 bits per heavy atom. The van der Waals surface area contributed by atoms with Gasteiger partial charge in [0.15, 0.2) is 11.5 Å². The van der Waals surface area contributed by atoms with E-state index in [1.54, 1.807) is 25.1 Å². The number of ether oxygens (including phenoxy) is 2. The van der Waals surface area contributed by atoms with Crippen molar-refractivity contribution in [1.29, 1.82) is 0 Å². The first kappa shape index (κ1) is 21.2. The van der Waals surface area contributed by atoms with Crippen molar-refractivity contribution in [2.45, 2.75) is 13.5 Å². The smallest absolute Gasteiger partial charge is 0.387 e. The summed E-state index contributed by atoms with van der Waals surface area (Å²) < 4.78 is 34.6. The van der Waals surface area contributed by atoms with Crippen LogP contribution in [0.15, 0.2) is 54.6 Å². The van der Waals surface area contributed by atoms with Gasteiger partial charge in [-0.25, -0.2) is 0 Å². The lowest BCUT2D eigenvalue weighted by atomic mass is 10.2. The van der Waals surface area contributed by atoms with Crippen molar-refractivity contribution in [3.63, 3.8) is 0 Å². The van der Waals surface area contributed by atoms with Gasteiger partial charge in [0.1, 0.15) is 0 Å². The van der Waals surface area contributed by atoms with Gasteiger partial charge in [0.05, 0.1) is 6.61 Å². The molecule has 1 N–H and O–H groups in total. The van der Waals surface area contributed by atoms with E-state index in [-0.39, 0.29) is 17.4 Å². The SMILES string of the molecule is CCOc1cc(/C=C/C(=O)NCCN(C)c2ccccc2)ccc1OC(F)F. The molecule has 28 heavy (non-hydrogen) atoms. The van der Waals surface area contributed by atoms with E-state index in [2.05, 4.69) is 10.1 Å². The Morgan fingerprint density at radius 1 is 1.18 bits per heavy atom. The third-order valence-electron chi connectivity index (χ3n) is 3.85. The maximum Gasteiger partial charge on any atom is 0.387 e. The Kier molecular flexibility index (Phi) is 8.27. The lowest BCUT2D eigenvalue weighted by Crippen LogP contribution is -2.31. The third kappa shape index (κ3) is 6.90. The van der Waals surface area contributed by atoms with Crippen LogP contribution in [-0.4, -0.2) is 39.3 Å². The Balaban J connectivity index is 1.88. The minimum absolute atomic E-state index is 0.0394. The molecule has 2 aromatic carbocycles. The van der Waals surface area contributed by atoms with Crippen LogP contribution in [0.3, 0.4) is 0 Å². The molecule has 0 saturated heterocycles. The third-order valence-corrected chi connectivity index (χ3v) is 3.85. The second kappa shape index (κ2) is 10.9. The Labute approximate surface area is 163 Å². The molecule has 2 rings (SSSR count). The first-order chi connectivity index (χ1) is 13.5. The summed E-state index contributed by atoms with van der Waals surface area (Å²) >= 11 is 0. The van der Waals surface area contributed by atoms with Gasteiger partial charge in [-0.05, 0) is 42.8 Å². The molecule has 5 nitrogen and oxygen atoms in total. The lowest BCUT2D eigenvalue weighted by Gasteiger charge is -2.19. The van der Waals surface area contributed by atoms with Gasteiger partial charge < -0.3 is 19.7 Å². The molecule has 150 valence electrons. The number of nitrogens with zero attached hydrogens (tertiary/aromatic N) is 1. The molecule has 7 heteroatoms. The molecule has 0 unspecified atom stereocenters. The molecule has 0 heterocycles. The predicted molar refractivity (Wildman–Crippen MR) is 106 cm³/mol. The largest absolute Gasteiger partial charge is 0.490 e. The van der Waals surface area contributed by atoms with E-state index in [0.29, 0.717) is 25.3 Å². The molecule has 0 spiro atoms. The van der Waals surface area contributed by atoms with Crippen LogP contribution >= 0.6 is 0 Å². The van der Waals surface area contributed by atoms with Gasteiger partial charge in [0, 0.05) is 31.9 Å². The van der Waals surface area contributed by atoms with Crippen molar-refractivity contribution in [1.82, 2.24) is 5.32 Å². The molecule has 0 aliphatic heterocycles. The topological polar surface area (TPSA) is 50.8 Å². The van der Waals surface area contributed by atoms with Crippen LogP contribution in [0.4, 0.5) is 14.5 Å². The minimum atomic E-state index is -2.93. The van der Waals surface area contributed by atoms with Gasteiger partial charge in [-0.3, -0.25) is 4.79 Å². The zero-order chi connectivity index (χ0) is 20.4. The fourth-order valence-corrected chi connectivity index (χ4v) is 2.48. The molecule has 2 aromatic rings. The van der Waals surface area contributed by atoms with Crippen LogP contribution in [0.2, 0.25) is 0 Å². The number of hydrogen-bond acceptors (Lipinski definition) is 4. The number of nitrogens with one attached hydrogen (secondary N) is 1. The highest BCUT2D eigenvalue weighted by atomic mass is 19.3. The summed E-state index contributed by atoms with van der Waals surface area (Å²) in [5, 5.41) is 2.81. The van der Waals surface area contributed by atoms with Gasteiger partial charge in [0.2, 0.25) is 5.91 Å². The van der Waals surface area contributed by atoms with Gasteiger partial charge in [-0.2, -0.15) is 8.78 Å². The molecule has 1 amide bonds. The molecule has 0 bridgehead atoms. The summed E-state index contributed by atoms with van der Waals surface area (Å²) in [7, 11) is 1.95. The normalized spacial score (nSPS) is 10.9. The number of alkyl halides is 2. The molecule has 0 fully saturated rings. The Bertz CT molecular complexity index is 782. The van der Waals surface area contributed by atoms with Gasteiger partial charge >= 0.3 is 6.61 Å². The standard InChI is InChI=1S/C21H24F2N2O3/c1-3-27-19-15-16(9-11-18(19)28-21(22)23)10-12-20(26)24-13-14-25(2)17-7-5-4-6-8-17/h4-12,15,21H,3,13-14H2,1-2H3,(H,24,26)/b12-10+. The van der Waals surface area contributed by atoms with Crippen molar-refractivity contribution >= 4 is 17.7 Å². The molecule has 0 atom stereocenters. The average Bonchev–Trinajstić information content (AvgIpc) is 2.68. The number of likely N-dealkylation sites (N-methyl/N-ethyl adjacent to an activating group) is 1. The Morgan fingerprint density at radius 3 is 2.61 bits per heavy atom. The highest BCUT2D eigenvalue weighted by Crippen LogP contribution is 2.30. The van der Waals surface area contributed by atoms with Gasteiger partial charge in [-0.1, -0.05) is 24.3 Å². The van der Waals surface area contributed by atoms with E-state index >= 15 is 0 Å². The van der Waals surface area contributed by atoms with E-state index in [1.165, 1.54) is 12.1 Å². The van der Waals surface area contributed by atoms with Crippen LogP contribution in [0.25, 0.3) is 6.08 Å². The van der Waals surface area contributed by atoms with Crippen LogP contribution in [0.5, 0.6) is 11.5 Å². The van der Waals surface area contributed by atoms with Gasteiger partial charge in [-0.15, -0.1) is 0 Å². The highest BCUT2D eigenvalue weighted by molar-refractivity contribution is 5.91. The second-order valence-electron chi connectivity index (χ2n) is 5.90. The van der Waals surface area contributed by atoms with Crippen LogP contribution < -0.4 is 19.7 Å². The number of carbonyl (C=O) groups excluding carboxylic acids is 1. The second-order valence-corrected chi connectivity index (χ2v) is 5.90. The number of anilines is 1. The molecular formula is C21H24F2N2O3. The zero-order valence-electron chi connectivity index (χ0n) is 15.9. The number of benzene rings is 2. The maximum atomic E-state index is 12.4. The summed E-state index contributed by atoms with van der Waals surface area (Å²) in [4.78, 5) is 14.0. The fraction of sp³-hybridized carbons (Fsp3) is 0.286. The number of amides is 1. The van der Waals surface area contributed by atoms with Crippen molar-refractivity contribution in [3.8, 4) is 11.5 Å². The van der Waals surface area contributed by atoms with Crippen molar-refractivity contribution in [2.75, 3.05) is 31.6 Å². The first-order valence-electron chi connectivity index (χ1n) is 8.93. The molecule has 0 radical (unpaired) electrons. The summed E-state index contributed by atoms with van der Waals surface area (Å²) in [6.07, 6.45) is 2.98. The van der Waals surface area contributed by atoms with E-state index in [4.69, 9.17) is 4.74 Å². The van der Waals surface area contributed by atoms with Crippen molar-refractivity contribution in [3.05, 3.63) is 60.2 Å². The first-order valence-corrected chi connectivity index (χ1v) is 8.93. The number of carbonyl (C=O) groups is 1. The number of rotatable bonds is 10. The van der Waals surface area contributed by atoms with Crippen molar-refractivity contribution in [2.24, 2.45) is 0 Å². The molecule has 0 saturated carbocycles. The highest BCUT2D eigenvalue weighted by Gasteiger charge is 2.11. The number of hydrogen-bond donors (Lipinski definition) is 1. The van der Waals surface area contributed by atoms with Gasteiger partial charge in [0.25, 0.3) is 0 Å². The summed E-state index contributed by atoms with van der Waals surface area (Å²) in [6.45, 7) is 0.273. The zero-order valence-corrected chi connectivity index (χ0v) is 15.9. The lowest BCUT2D eigenvalue weighted by molar-refractivity contribution is -0.116. The van der Waals surface area contributed by atoms with Crippen LogP contribution in [0, 0.1) is 0 Å². The number of halogens is 2. The predicted octanol–water partition coefficient (Wildman–Crippen LogP) is 3.95. The Hall–Kier alpha value is -3.09. The quantitative estimate of drug-likeness (QED) is 0.624. The molecule has 0 aromatic heterocycles. The summed E-state index contributed by atoms with van der Waals surface area (Å²) in [5.74, 6) is -0.0791. The molecule has 0 aliphatic rings. The summed E-state index contributed by atoms with van der Waals surface area (Å²) in [5.41, 5.74) is 1.71. The van der Waals surface area contributed by atoms with Crippen LogP contribution in [0.1, 0.15) is 12.5 Å². The van der Waals surface area contributed by atoms with E-state index in [1.807, 2.05) is 42.3 Å². The molecule has 0 aliphatic carbocycles. The maximum absolute atomic E-state index is 12.4. The van der Waals surface area contributed by atoms with E-state index < -0.39 is 6.61 Å². The van der Waals surface area contributed by atoms with E-state index in [0.717, 1.165) is 5.69 Å². The molecular weight excluding hydrogens is 366 g/mol. The monoisotopic (exact) mass is 390 g/mol. The number of para-hydroxylation sites is 1. The fourth-order valence-electron chi connectivity index (χ4n) is 2.48. The summed E-state index contributed by atoms with van der Waals surface area (Å²) in [6, 6.07) is 14.4. The van der Waals surface area contributed by atoms with Crippen LogP contribution in [-0.2, 0) is 4.79 Å². The minimum Gasteiger partial charge on any atom is -0.490 e. The average molecular weight is 390 g/mol. The van der Waals surface area contributed by atoms with Crippen molar-refractivity contribution < 1.29 is 23.0 Å².